The largest absolute Gasteiger partial charge is 0.488 e. The zero-order chi connectivity index (χ0) is 16.3. The van der Waals surface area contributed by atoms with E-state index in [0.29, 0.717) is 17.2 Å². The van der Waals surface area contributed by atoms with Gasteiger partial charge in [-0.25, -0.2) is 0 Å². The Hall–Kier alpha value is -2.43. The first kappa shape index (κ1) is 18.6. The van der Waals surface area contributed by atoms with Crippen molar-refractivity contribution in [3.63, 3.8) is 0 Å². The zero-order valence-corrected chi connectivity index (χ0v) is 13.1. The van der Waals surface area contributed by atoms with Crippen molar-refractivity contribution in [3.8, 4) is 0 Å². The number of nitrogens with zero attached hydrogens (tertiary/aromatic N) is 2. The summed E-state index contributed by atoms with van der Waals surface area (Å²) in [5.74, 6) is 0.607. The second kappa shape index (κ2) is 9.47. The molecule has 0 saturated heterocycles. The summed E-state index contributed by atoms with van der Waals surface area (Å²) in [6.45, 7) is 9.20. The van der Waals surface area contributed by atoms with Crippen molar-refractivity contribution in [2.75, 3.05) is 7.05 Å². The zero-order valence-electron chi connectivity index (χ0n) is 13.1. The van der Waals surface area contributed by atoms with Gasteiger partial charge in [-0.15, -0.1) is 0 Å². The highest BCUT2D eigenvalue weighted by atomic mass is 16.5. The minimum absolute atomic E-state index is 0.338. The van der Waals surface area contributed by atoms with E-state index < -0.39 is 0 Å². The molecule has 0 spiro atoms. The Morgan fingerprint density at radius 1 is 1.24 bits per heavy atom. The highest BCUT2D eigenvalue weighted by molar-refractivity contribution is 6.07. The Morgan fingerprint density at radius 3 is 2.38 bits per heavy atom. The van der Waals surface area contributed by atoms with E-state index in [2.05, 4.69) is 16.7 Å². The quantitative estimate of drug-likeness (QED) is 0.429. The molecule has 0 aromatic carbocycles. The average molecular weight is 288 g/mol. The molecule has 0 aliphatic rings. The molecule has 0 heterocycles. The third-order valence-corrected chi connectivity index (χ3v) is 2.08. The van der Waals surface area contributed by atoms with Crippen molar-refractivity contribution in [1.82, 2.24) is 0 Å². The first-order valence-corrected chi connectivity index (χ1v) is 6.47. The van der Waals surface area contributed by atoms with Crippen LogP contribution in [0.4, 0.5) is 0 Å². The van der Waals surface area contributed by atoms with E-state index in [-0.39, 0.29) is 5.60 Å². The Bertz CT molecular complexity index is 503. The number of rotatable bonds is 7. The summed E-state index contributed by atoms with van der Waals surface area (Å²) < 4.78 is 5.77. The lowest BCUT2D eigenvalue weighted by Crippen LogP contribution is -2.18. The number of ether oxygens (including phenoxy) is 1. The summed E-state index contributed by atoms with van der Waals surface area (Å²) in [6.07, 6.45) is 11.1. The van der Waals surface area contributed by atoms with Crippen molar-refractivity contribution in [3.05, 3.63) is 48.0 Å². The molecule has 0 radical (unpaired) electrons. The molecule has 5 nitrogen and oxygen atoms in total. The second-order valence-electron chi connectivity index (χ2n) is 5.04. The van der Waals surface area contributed by atoms with E-state index in [4.69, 9.17) is 15.9 Å². The Labute approximate surface area is 126 Å². The molecule has 0 saturated carbocycles. The van der Waals surface area contributed by atoms with Gasteiger partial charge in [-0.2, -0.15) is 0 Å². The predicted molar refractivity (Wildman–Crippen MR) is 91.2 cm³/mol. The summed E-state index contributed by atoms with van der Waals surface area (Å²) in [4.78, 5) is 7.68. The SMILES string of the molecule is C=N/C=C\C(=NC)\C(N)=C/C=C(\C=C/C=N)OC(C)(C)C. The summed E-state index contributed by atoms with van der Waals surface area (Å²) in [5.41, 5.74) is 6.70. The standard InChI is InChI=1S/C16H24N4O/c1-16(2,3)21-13(7-6-11-17)8-9-14(18)15(20-5)10-12-19-4/h6-12,17H,4,18H2,1-3,5H3/b7-6-,12-10-,13-8+,14-9+,17-11?,20-15?. The van der Waals surface area contributed by atoms with Gasteiger partial charge in [0, 0.05) is 19.5 Å². The topological polar surface area (TPSA) is 83.8 Å². The fourth-order valence-corrected chi connectivity index (χ4v) is 1.30. The normalized spacial score (nSPS) is 14.8. The highest BCUT2D eigenvalue weighted by Crippen LogP contribution is 2.14. The van der Waals surface area contributed by atoms with Gasteiger partial charge in [-0.05, 0) is 57.9 Å². The number of nitrogens with one attached hydrogen (secondary N) is 1. The molecule has 3 N–H and O–H groups in total. The van der Waals surface area contributed by atoms with Gasteiger partial charge in [-0.1, -0.05) is 0 Å². The van der Waals surface area contributed by atoms with Crippen molar-refractivity contribution in [2.24, 2.45) is 15.7 Å². The molecule has 0 aromatic rings. The number of hydrogen-bond donors (Lipinski definition) is 2. The molecule has 0 atom stereocenters. The van der Waals surface area contributed by atoms with Gasteiger partial charge in [0.1, 0.15) is 11.4 Å². The van der Waals surface area contributed by atoms with Crippen LogP contribution in [0.25, 0.3) is 0 Å². The lowest BCUT2D eigenvalue weighted by Gasteiger charge is -2.21. The van der Waals surface area contributed by atoms with Crippen LogP contribution in [0.15, 0.2) is 58.0 Å². The van der Waals surface area contributed by atoms with E-state index >= 15 is 0 Å². The van der Waals surface area contributed by atoms with E-state index in [1.54, 1.807) is 37.4 Å². The summed E-state index contributed by atoms with van der Waals surface area (Å²) in [7, 11) is 1.65. The molecule has 114 valence electrons. The van der Waals surface area contributed by atoms with E-state index in [9.17, 15) is 0 Å². The van der Waals surface area contributed by atoms with Crippen LogP contribution >= 0.6 is 0 Å². The molecular weight excluding hydrogens is 264 g/mol. The highest BCUT2D eigenvalue weighted by Gasteiger charge is 2.11. The Kier molecular flexibility index (Phi) is 8.37. The van der Waals surface area contributed by atoms with Crippen LogP contribution in [0.2, 0.25) is 0 Å². The average Bonchev–Trinajstić information content (AvgIpc) is 2.41. The lowest BCUT2D eigenvalue weighted by atomic mass is 10.2. The number of allylic oxidation sites excluding steroid dienone is 5. The van der Waals surface area contributed by atoms with Crippen molar-refractivity contribution >= 4 is 18.6 Å². The van der Waals surface area contributed by atoms with Crippen molar-refractivity contribution in [1.29, 1.82) is 5.41 Å². The van der Waals surface area contributed by atoms with Gasteiger partial charge < -0.3 is 15.9 Å². The van der Waals surface area contributed by atoms with Gasteiger partial charge in [0.2, 0.25) is 0 Å². The fraction of sp³-hybridized carbons (Fsp3) is 0.312. The second-order valence-corrected chi connectivity index (χ2v) is 5.04. The first-order valence-electron chi connectivity index (χ1n) is 6.47. The third-order valence-electron chi connectivity index (χ3n) is 2.08. The number of hydrogen-bond acceptors (Lipinski definition) is 5. The molecule has 0 fully saturated rings. The minimum atomic E-state index is -0.338. The number of aliphatic imine (C=N–C) groups is 2. The van der Waals surface area contributed by atoms with Crippen molar-refractivity contribution in [2.45, 2.75) is 26.4 Å². The van der Waals surface area contributed by atoms with Gasteiger partial charge in [0.25, 0.3) is 0 Å². The molecule has 0 rings (SSSR count). The molecule has 5 heteroatoms. The monoisotopic (exact) mass is 288 g/mol. The molecule has 0 unspecified atom stereocenters. The van der Waals surface area contributed by atoms with Crippen LogP contribution in [0.5, 0.6) is 0 Å². The first-order chi connectivity index (χ1) is 9.84. The van der Waals surface area contributed by atoms with Crippen LogP contribution in [0.3, 0.4) is 0 Å². The minimum Gasteiger partial charge on any atom is -0.488 e. The Balaban J connectivity index is 5.31. The lowest BCUT2D eigenvalue weighted by molar-refractivity contribution is 0.0600. The molecule has 0 aliphatic heterocycles. The third kappa shape index (κ3) is 9.15. The molecule has 0 aliphatic carbocycles. The smallest absolute Gasteiger partial charge is 0.120 e. The van der Waals surface area contributed by atoms with E-state index in [1.807, 2.05) is 20.8 Å². The molecule has 21 heavy (non-hydrogen) atoms. The molecule has 0 amide bonds. The maximum atomic E-state index is 7.04. The molecule has 0 aromatic heterocycles. The van der Waals surface area contributed by atoms with Crippen LogP contribution in [-0.2, 0) is 4.74 Å². The van der Waals surface area contributed by atoms with Gasteiger partial charge >= 0.3 is 0 Å². The van der Waals surface area contributed by atoms with Crippen molar-refractivity contribution < 1.29 is 4.74 Å². The van der Waals surface area contributed by atoms with Crippen LogP contribution in [0.1, 0.15) is 20.8 Å². The number of nitrogens with two attached hydrogens (primary N) is 1. The molecular formula is C16H24N4O. The maximum Gasteiger partial charge on any atom is 0.120 e. The summed E-state index contributed by atoms with van der Waals surface area (Å²) in [6, 6.07) is 0. The Morgan fingerprint density at radius 2 is 1.90 bits per heavy atom. The predicted octanol–water partition coefficient (Wildman–Crippen LogP) is 3.02. The van der Waals surface area contributed by atoms with Gasteiger partial charge in [0.15, 0.2) is 0 Å². The summed E-state index contributed by atoms with van der Waals surface area (Å²) in [5, 5.41) is 7.04. The van der Waals surface area contributed by atoms with Crippen LogP contribution < -0.4 is 5.73 Å². The fourth-order valence-electron chi connectivity index (χ4n) is 1.30. The van der Waals surface area contributed by atoms with Crippen LogP contribution in [-0.4, -0.2) is 31.3 Å². The van der Waals surface area contributed by atoms with E-state index in [0.717, 1.165) is 0 Å². The van der Waals surface area contributed by atoms with Crippen LogP contribution in [0, 0.1) is 5.41 Å². The van der Waals surface area contributed by atoms with E-state index in [1.165, 1.54) is 12.4 Å². The van der Waals surface area contributed by atoms with Gasteiger partial charge in [-0.3, -0.25) is 9.98 Å². The molecule has 0 bridgehead atoms. The summed E-state index contributed by atoms with van der Waals surface area (Å²) >= 11 is 0. The van der Waals surface area contributed by atoms with Gasteiger partial charge in [0.05, 0.1) is 11.4 Å². The maximum absolute atomic E-state index is 7.04.